The smallest absolute Gasteiger partial charge is 0.322 e. The molecule has 3 amide bonds. The highest BCUT2D eigenvalue weighted by Gasteiger charge is 2.53. The summed E-state index contributed by atoms with van der Waals surface area (Å²) in [6, 6.07) is 3.22. The number of urea groups is 1. The largest absolute Gasteiger partial charge is 0.345 e. The molecule has 3 N–H and O–H groups in total. The van der Waals surface area contributed by atoms with E-state index < -0.39 is 11.6 Å². The van der Waals surface area contributed by atoms with Gasteiger partial charge in [-0.15, -0.1) is 0 Å². The SMILES string of the molecule is Cc1ncc(CN2CCC([C@]3(c4cccnc4)NC(=O)NC3=O)CC2)[nH]1. The van der Waals surface area contributed by atoms with Crippen molar-refractivity contribution in [3.63, 3.8) is 0 Å². The maximum absolute atomic E-state index is 12.7. The summed E-state index contributed by atoms with van der Waals surface area (Å²) in [4.78, 5) is 38.6. The van der Waals surface area contributed by atoms with Gasteiger partial charge in [-0.25, -0.2) is 9.78 Å². The van der Waals surface area contributed by atoms with E-state index >= 15 is 0 Å². The minimum absolute atomic E-state index is 0.0258. The topological polar surface area (TPSA) is 103 Å². The molecule has 8 nitrogen and oxygen atoms in total. The van der Waals surface area contributed by atoms with Gasteiger partial charge in [0.25, 0.3) is 5.91 Å². The molecular formula is C18H22N6O2. The molecule has 2 aromatic rings. The van der Waals surface area contributed by atoms with Gasteiger partial charge in [0, 0.05) is 36.4 Å². The average Bonchev–Trinajstić information content (AvgIpc) is 3.19. The van der Waals surface area contributed by atoms with E-state index in [2.05, 4.69) is 30.5 Å². The molecule has 2 saturated heterocycles. The highest BCUT2D eigenvalue weighted by molar-refractivity contribution is 6.07. The Morgan fingerprint density at radius 2 is 2.08 bits per heavy atom. The first-order valence-corrected chi connectivity index (χ1v) is 8.85. The average molecular weight is 354 g/mol. The Kier molecular flexibility index (Phi) is 4.20. The number of carbonyl (C=O) groups excluding carboxylic acids is 2. The van der Waals surface area contributed by atoms with Crippen molar-refractivity contribution in [3.05, 3.63) is 47.8 Å². The van der Waals surface area contributed by atoms with Crippen molar-refractivity contribution < 1.29 is 9.59 Å². The quantitative estimate of drug-likeness (QED) is 0.713. The second kappa shape index (κ2) is 6.53. The van der Waals surface area contributed by atoms with Crippen LogP contribution in [0.3, 0.4) is 0 Å². The molecule has 2 aliphatic heterocycles. The van der Waals surface area contributed by atoms with E-state index in [0.717, 1.165) is 49.6 Å². The minimum atomic E-state index is -1.03. The van der Waals surface area contributed by atoms with Gasteiger partial charge in [-0.2, -0.15) is 0 Å². The fraction of sp³-hybridized carbons (Fsp3) is 0.444. The van der Waals surface area contributed by atoms with E-state index in [9.17, 15) is 9.59 Å². The van der Waals surface area contributed by atoms with Crippen LogP contribution in [0.15, 0.2) is 30.7 Å². The lowest BCUT2D eigenvalue weighted by Crippen LogP contribution is -2.53. The number of aromatic amines is 1. The lowest BCUT2D eigenvalue weighted by Gasteiger charge is -2.40. The molecule has 0 spiro atoms. The fourth-order valence-corrected chi connectivity index (χ4v) is 4.11. The third-order valence-corrected chi connectivity index (χ3v) is 5.36. The van der Waals surface area contributed by atoms with Gasteiger partial charge in [0.05, 0.1) is 0 Å². The zero-order valence-corrected chi connectivity index (χ0v) is 14.7. The van der Waals surface area contributed by atoms with Crippen molar-refractivity contribution in [1.29, 1.82) is 0 Å². The lowest BCUT2D eigenvalue weighted by molar-refractivity contribution is -0.127. The van der Waals surface area contributed by atoms with E-state index in [1.165, 1.54) is 0 Å². The van der Waals surface area contributed by atoms with E-state index in [4.69, 9.17) is 0 Å². The number of hydrogen-bond acceptors (Lipinski definition) is 5. The van der Waals surface area contributed by atoms with Crippen LogP contribution in [-0.2, 0) is 16.9 Å². The number of hydrogen-bond donors (Lipinski definition) is 3. The summed E-state index contributed by atoms with van der Waals surface area (Å²) >= 11 is 0. The molecule has 0 saturated carbocycles. The zero-order chi connectivity index (χ0) is 18.1. The van der Waals surface area contributed by atoms with Gasteiger partial charge in [0.1, 0.15) is 5.82 Å². The number of aryl methyl sites for hydroxylation is 1. The number of nitrogens with zero attached hydrogens (tertiary/aromatic N) is 3. The van der Waals surface area contributed by atoms with E-state index in [1.807, 2.05) is 19.2 Å². The molecule has 0 aromatic carbocycles. The van der Waals surface area contributed by atoms with Gasteiger partial charge in [0.2, 0.25) is 0 Å². The van der Waals surface area contributed by atoms with Crippen molar-refractivity contribution in [2.75, 3.05) is 13.1 Å². The summed E-state index contributed by atoms with van der Waals surface area (Å²) < 4.78 is 0. The van der Waals surface area contributed by atoms with Crippen molar-refractivity contribution >= 4 is 11.9 Å². The monoisotopic (exact) mass is 354 g/mol. The Hall–Kier alpha value is -2.74. The van der Waals surface area contributed by atoms with Crippen LogP contribution in [0.25, 0.3) is 0 Å². The molecule has 0 unspecified atom stereocenters. The van der Waals surface area contributed by atoms with Crippen molar-refractivity contribution in [3.8, 4) is 0 Å². The standard InChI is InChI=1S/C18H22N6O2/c1-12-20-10-15(21-12)11-24-7-4-13(5-8-24)18(14-3-2-6-19-9-14)16(25)22-17(26)23-18/h2-3,6,9-10,13H,4-5,7-8,11H2,1H3,(H,20,21)(H2,22,23,25,26)/t18-/m1/s1. The molecule has 0 radical (unpaired) electrons. The predicted molar refractivity (Wildman–Crippen MR) is 93.9 cm³/mol. The number of amides is 3. The number of piperidine rings is 1. The maximum Gasteiger partial charge on any atom is 0.322 e. The summed E-state index contributed by atoms with van der Waals surface area (Å²) in [5.74, 6) is 0.659. The van der Waals surface area contributed by atoms with Gasteiger partial charge in [-0.3, -0.25) is 20.0 Å². The number of carbonyl (C=O) groups is 2. The first-order chi connectivity index (χ1) is 12.6. The van der Waals surface area contributed by atoms with Gasteiger partial charge in [0.15, 0.2) is 5.54 Å². The number of rotatable bonds is 4. The Morgan fingerprint density at radius 3 is 2.65 bits per heavy atom. The third kappa shape index (κ3) is 2.86. The van der Waals surface area contributed by atoms with Gasteiger partial charge in [-0.1, -0.05) is 6.07 Å². The molecule has 4 heterocycles. The van der Waals surface area contributed by atoms with Gasteiger partial charge >= 0.3 is 6.03 Å². The Bertz CT molecular complexity index is 812. The van der Waals surface area contributed by atoms with Crippen LogP contribution in [-0.4, -0.2) is 44.9 Å². The zero-order valence-electron chi connectivity index (χ0n) is 14.7. The molecule has 26 heavy (non-hydrogen) atoms. The first kappa shape index (κ1) is 16.7. The molecule has 1 atom stereocenters. The van der Waals surface area contributed by atoms with Crippen LogP contribution in [0, 0.1) is 12.8 Å². The van der Waals surface area contributed by atoms with Crippen LogP contribution >= 0.6 is 0 Å². The molecule has 2 aromatic heterocycles. The first-order valence-electron chi connectivity index (χ1n) is 8.85. The van der Waals surface area contributed by atoms with Crippen LogP contribution in [0.4, 0.5) is 4.79 Å². The molecule has 8 heteroatoms. The molecule has 2 fully saturated rings. The predicted octanol–water partition coefficient (Wildman–Crippen LogP) is 1.06. The molecular weight excluding hydrogens is 332 g/mol. The number of imidazole rings is 1. The van der Waals surface area contributed by atoms with Crippen LogP contribution in [0.2, 0.25) is 0 Å². The van der Waals surface area contributed by atoms with Crippen molar-refractivity contribution in [2.45, 2.75) is 31.8 Å². The molecule has 4 rings (SSSR count). The van der Waals surface area contributed by atoms with Crippen LogP contribution in [0.5, 0.6) is 0 Å². The summed E-state index contributed by atoms with van der Waals surface area (Å²) in [7, 11) is 0. The minimum Gasteiger partial charge on any atom is -0.345 e. The van der Waals surface area contributed by atoms with Gasteiger partial charge in [-0.05, 0) is 44.8 Å². The number of imide groups is 1. The summed E-state index contributed by atoms with van der Waals surface area (Å²) in [5, 5.41) is 5.31. The molecule has 2 aliphatic rings. The van der Waals surface area contributed by atoms with Crippen molar-refractivity contribution in [1.82, 2.24) is 30.5 Å². The van der Waals surface area contributed by atoms with Gasteiger partial charge < -0.3 is 10.3 Å². The second-order valence-corrected chi connectivity index (χ2v) is 7.00. The number of H-pyrrole nitrogens is 1. The molecule has 0 bridgehead atoms. The second-order valence-electron chi connectivity index (χ2n) is 7.00. The lowest BCUT2D eigenvalue weighted by atomic mass is 9.73. The molecule has 0 aliphatic carbocycles. The third-order valence-electron chi connectivity index (χ3n) is 5.36. The van der Waals surface area contributed by atoms with Crippen LogP contribution in [0.1, 0.15) is 29.9 Å². The number of pyridine rings is 1. The van der Waals surface area contributed by atoms with Crippen LogP contribution < -0.4 is 10.6 Å². The number of aromatic nitrogens is 3. The number of nitrogens with one attached hydrogen (secondary N) is 3. The normalized spacial score (nSPS) is 24.5. The molecule has 136 valence electrons. The Balaban J connectivity index is 1.52. The Morgan fingerprint density at radius 1 is 1.27 bits per heavy atom. The maximum atomic E-state index is 12.7. The summed E-state index contributed by atoms with van der Waals surface area (Å²) in [6.45, 7) is 4.46. The van der Waals surface area contributed by atoms with E-state index in [1.54, 1.807) is 18.5 Å². The summed E-state index contributed by atoms with van der Waals surface area (Å²) in [5.41, 5.74) is 0.808. The number of likely N-dealkylation sites (tertiary alicyclic amines) is 1. The Labute approximate surface area is 151 Å². The van der Waals surface area contributed by atoms with Crippen molar-refractivity contribution in [2.24, 2.45) is 5.92 Å². The summed E-state index contributed by atoms with van der Waals surface area (Å²) in [6.07, 6.45) is 6.83. The highest BCUT2D eigenvalue weighted by Crippen LogP contribution is 2.38. The highest BCUT2D eigenvalue weighted by atomic mass is 16.2. The van der Waals surface area contributed by atoms with E-state index in [-0.39, 0.29) is 11.8 Å². The fourth-order valence-electron chi connectivity index (χ4n) is 4.11. The van der Waals surface area contributed by atoms with E-state index in [0.29, 0.717) is 0 Å².